The molecule has 109 valence electrons. The van der Waals surface area contributed by atoms with Gasteiger partial charge in [-0.05, 0) is 0 Å². The molecule has 0 fully saturated rings. The van der Waals surface area contributed by atoms with Crippen LogP contribution >= 0.6 is 15.6 Å². The minimum atomic E-state index is -5.39. The first-order valence-corrected chi connectivity index (χ1v) is 4.38. The average molecular weight is 531 g/mol. The van der Waals surface area contributed by atoms with E-state index in [1.54, 1.807) is 0 Å². The van der Waals surface area contributed by atoms with E-state index in [-0.39, 0.29) is 101 Å². The van der Waals surface area contributed by atoms with Crippen LogP contribution < -0.4 is 29.4 Å². The van der Waals surface area contributed by atoms with Gasteiger partial charge in [0.05, 0.1) is 0 Å². The molecular weight excluding hydrogens is 531 g/mol. The monoisotopic (exact) mass is 529 g/mol. The second kappa shape index (κ2) is 23.4. The molecule has 0 unspecified atom stereocenters. The Morgan fingerprint density at radius 2 is 0.500 bits per heavy atom. The van der Waals surface area contributed by atoms with Gasteiger partial charge < -0.3 is 38.5 Å². The second-order valence-corrected chi connectivity index (χ2v) is 2.68. The maximum atomic E-state index is 8.55. The van der Waals surface area contributed by atoms with Gasteiger partial charge in [-0.25, -0.2) is 0 Å². The van der Waals surface area contributed by atoms with Crippen molar-refractivity contribution in [3.63, 3.8) is 0 Å². The maximum Gasteiger partial charge on any atom is 2.00 e. The van der Waals surface area contributed by atoms with Crippen LogP contribution in [0.2, 0.25) is 0 Å². The van der Waals surface area contributed by atoms with E-state index < -0.39 is 15.6 Å². The van der Waals surface area contributed by atoms with Gasteiger partial charge >= 0.3 is 51.2 Å². The molecule has 0 aliphatic rings. The summed E-state index contributed by atoms with van der Waals surface area (Å²) < 4.78 is 17.1. The van der Waals surface area contributed by atoms with Crippen molar-refractivity contribution in [1.29, 1.82) is 0 Å². The first kappa shape index (κ1) is 50.7. The number of hydrogen-bond donors (Lipinski definition) is 0. The van der Waals surface area contributed by atoms with Crippen LogP contribution in [0, 0.1) is 0 Å². The molecule has 16 heteroatoms. The summed E-state index contributed by atoms with van der Waals surface area (Å²) >= 11 is 0. The topological polar surface area (TPSA) is 172 Å². The van der Waals surface area contributed by atoms with Gasteiger partial charge in [0.2, 0.25) is 0 Å². The maximum absolute atomic E-state index is 8.55. The normalized spacial score (nSPS) is 7.38. The van der Waals surface area contributed by atoms with Gasteiger partial charge in [-0.1, -0.05) is 0 Å². The summed E-state index contributed by atoms with van der Waals surface area (Å²) in [6, 6.07) is 0. The zero-order chi connectivity index (χ0) is 9.00. The molecule has 0 aromatic carbocycles. The molecule has 0 saturated heterocycles. The van der Waals surface area contributed by atoms with E-state index in [1.165, 1.54) is 0 Å². The molecule has 8 nitrogen and oxygen atoms in total. The van der Waals surface area contributed by atoms with Gasteiger partial charge in [0.1, 0.15) is 0 Å². The average Bonchev–Trinajstić information content (AvgIpc) is 1.12. The van der Waals surface area contributed by atoms with Gasteiger partial charge in [0.15, 0.2) is 0 Å². The summed E-state index contributed by atoms with van der Waals surface area (Å²) in [5.74, 6) is 0. The minimum absolute atomic E-state index is 0. The molecule has 0 saturated carbocycles. The summed E-state index contributed by atoms with van der Waals surface area (Å²) in [6.07, 6.45) is 0. The summed E-state index contributed by atoms with van der Waals surface area (Å²) in [6.45, 7) is 0. The quantitative estimate of drug-likeness (QED) is 0.220. The Labute approximate surface area is 153 Å². The Morgan fingerprint density at radius 3 is 0.500 bits per heavy atom. The van der Waals surface area contributed by atoms with Crippen LogP contribution in [-0.2, 0) is 110 Å². The zero-order valence-electron chi connectivity index (χ0n) is 6.24. The first-order valence-electron chi connectivity index (χ1n) is 1.46. The van der Waals surface area contributed by atoms with E-state index in [0.29, 0.717) is 0 Å². The van der Waals surface area contributed by atoms with Crippen LogP contribution in [0.1, 0.15) is 0 Å². The molecule has 0 spiro atoms. The molecule has 0 amide bonds. The molecule has 0 atom stereocenters. The second-order valence-electron chi connectivity index (χ2n) is 0.894. The van der Waals surface area contributed by atoms with E-state index in [4.69, 9.17) is 38.5 Å². The molecule has 0 aliphatic heterocycles. The van der Waals surface area contributed by atoms with Crippen LogP contribution in [0.25, 0.3) is 0 Å². The zero-order valence-corrected chi connectivity index (χ0v) is 14.5. The molecule has 0 N–H and O–H groups in total. The molecule has 0 bridgehead atoms. The van der Waals surface area contributed by atoms with Crippen LogP contribution in [0.4, 0.5) is 0 Å². The van der Waals surface area contributed by atoms with E-state index in [1.807, 2.05) is 0 Å². The number of rotatable bonds is 0. The van der Waals surface area contributed by atoms with Gasteiger partial charge in [-0.2, -0.15) is 15.6 Å². The van der Waals surface area contributed by atoms with Crippen molar-refractivity contribution in [2.24, 2.45) is 0 Å². The number of hydrogen-bond acceptors (Lipinski definition) is 8. The third kappa shape index (κ3) is 430. The fourth-order valence-corrected chi connectivity index (χ4v) is 0. The van der Waals surface area contributed by atoms with Crippen molar-refractivity contribution in [1.82, 2.24) is 0 Å². The van der Waals surface area contributed by atoms with Crippen molar-refractivity contribution < 1.29 is 139 Å². The summed E-state index contributed by atoms with van der Waals surface area (Å²) in [4.78, 5) is 51.3. The predicted octanol–water partition coefficient (Wildman–Crippen LogP) is -5.66. The molecule has 0 aliphatic carbocycles. The van der Waals surface area contributed by atoms with Gasteiger partial charge in [-0.15, -0.1) is 0 Å². The van der Waals surface area contributed by atoms with Crippen molar-refractivity contribution in [3.05, 3.63) is 0 Å². The SMILES string of the molecule is O=P([O-])([O-])[O-].O=P([O-])([O-])[O-].[Mn+2].[Mn+2].[Mn+2].[Ni].[Ni].[Ni]. The smallest absolute Gasteiger partial charge is 0.822 e. The Kier molecular flexibility index (Phi) is 73.9. The van der Waals surface area contributed by atoms with Gasteiger partial charge in [0.25, 0.3) is 0 Å². The standard InChI is InChI=1S/3Mn.3Ni.2H3O4P/c;;;;;;2*1-5(2,3)4/h;;;;;;2*(H3,1,2,3,4)/q3*+2;;;;;/p-6. The largest absolute Gasteiger partial charge is 2.00 e. The van der Waals surface area contributed by atoms with Crippen LogP contribution in [0.15, 0.2) is 0 Å². The van der Waals surface area contributed by atoms with Crippen LogP contribution in [-0.4, -0.2) is 0 Å². The third-order valence-electron chi connectivity index (χ3n) is 0. The van der Waals surface area contributed by atoms with Crippen LogP contribution in [0.3, 0.4) is 0 Å². The molecule has 0 heterocycles. The molecule has 3 radical (unpaired) electrons. The Morgan fingerprint density at radius 1 is 0.500 bits per heavy atom. The van der Waals surface area contributed by atoms with Crippen LogP contribution in [0.5, 0.6) is 0 Å². The molecule has 0 aromatic rings. The van der Waals surface area contributed by atoms with E-state index in [2.05, 4.69) is 0 Å². The molecule has 0 rings (SSSR count). The molecule has 16 heavy (non-hydrogen) atoms. The van der Waals surface area contributed by atoms with E-state index >= 15 is 0 Å². The van der Waals surface area contributed by atoms with Gasteiger partial charge in [0, 0.05) is 49.5 Å². The van der Waals surface area contributed by atoms with Crippen molar-refractivity contribution in [2.75, 3.05) is 0 Å². The van der Waals surface area contributed by atoms with Crippen molar-refractivity contribution in [3.8, 4) is 0 Å². The van der Waals surface area contributed by atoms with Gasteiger partial charge in [-0.3, -0.25) is 0 Å². The molecular formula is Mn3Ni3O8P2. The van der Waals surface area contributed by atoms with E-state index in [9.17, 15) is 0 Å². The fraction of sp³-hybridized carbons (Fsp3) is 0. The minimum Gasteiger partial charge on any atom is -0.822 e. The Balaban J connectivity index is -0.00000000970. The molecule has 0 aromatic heterocycles. The summed E-state index contributed by atoms with van der Waals surface area (Å²) in [7, 11) is -10.8. The van der Waals surface area contributed by atoms with Crippen molar-refractivity contribution in [2.45, 2.75) is 0 Å². The third-order valence-corrected chi connectivity index (χ3v) is 0. The Bertz CT molecular complexity index is 141. The number of phosphoric acid groups is 2. The van der Waals surface area contributed by atoms with E-state index in [0.717, 1.165) is 0 Å². The summed E-state index contributed by atoms with van der Waals surface area (Å²) in [5.41, 5.74) is 0. The predicted molar refractivity (Wildman–Crippen MR) is 15.2 cm³/mol. The Hall–Kier alpha value is 3.26. The summed E-state index contributed by atoms with van der Waals surface area (Å²) in [5, 5.41) is 0. The van der Waals surface area contributed by atoms with Crippen molar-refractivity contribution >= 4 is 15.6 Å². The fourth-order valence-electron chi connectivity index (χ4n) is 0. The first-order chi connectivity index (χ1) is 4.00.